The Morgan fingerprint density at radius 3 is 2.66 bits per heavy atom. The molecule has 1 saturated heterocycles. The summed E-state index contributed by atoms with van der Waals surface area (Å²) < 4.78 is 1.79. The minimum atomic E-state index is -0.411. The lowest BCUT2D eigenvalue weighted by molar-refractivity contribution is -0.134. The molecular formula is C22H21ClN4O2. The highest BCUT2D eigenvalue weighted by Crippen LogP contribution is 2.36. The van der Waals surface area contributed by atoms with Gasteiger partial charge in [0.1, 0.15) is 0 Å². The molecule has 1 aliphatic rings. The topological polar surface area (TPSA) is 76.9 Å². The van der Waals surface area contributed by atoms with Gasteiger partial charge in [-0.15, -0.1) is 0 Å². The van der Waals surface area contributed by atoms with Crippen molar-refractivity contribution in [3.8, 4) is 11.1 Å². The third-order valence-corrected chi connectivity index (χ3v) is 5.61. The summed E-state index contributed by atoms with van der Waals surface area (Å²) in [5.74, 6) is -0.932. The first-order chi connectivity index (χ1) is 14.0. The molecule has 3 aromatic rings. The number of rotatable bonds is 5. The van der Waals surface area contributed by atoms with Gasteiger partial charge >= 0.3 is 0 Å². The van der Waals surface area contributed by atoms with Crippen molar-refractivity contribution in [2.24, 2.45) is 7.05 Å². The molecule has 4 rings (SSSR count). The number of nitrogens with one attached hydrogen (secondary N) is 1. The maximum Gasteiger partial charge on any atom is 0.234 e. The van der Waals surface area contributed by atoms with E-state index < -0.39 is 5.92 Å². The SMILES string of the molecule is Cn1ccc(CCc2ccc(-c3cccc(C4CCC(=O)NC4=O)c3Cl)cn2)n1. The summed E-state index contributed by atoms with van der Waals surface area (Å²) in [5.41, 5.74) is 4.49. The van der Waals surface area contributed by atoms with Crippen LogP contribution >= 0.6 is 11.6 Å². The van der Waals surface area contributed by atoms with Crippen LogP contribution in [0.1, 0.15) is 35.7 Å². The number of imide groups is 1. The van der Waals surface area contributed by atoms with Crippen LogP contribution in [0.3, 0.4) is 0 Å². The quantitative estimate of drug-likeness (QED) is 0.656. The highest BCUT2D eigenvalue weighted by atomic mass is 35.5. The van der Waals surface area contributed by atoms with Gasteiger partial charge in [0.25, 0.3) is 0 Å². The Morgan fingerprint density at radius 1 is 1.14 bits per heavy atom. The molecule has 0 bridgehead atoms. The van der Waals surface area contributed by atoms with Crippen LogP contribution in [0.4, 0.5) is 0 Å². The van der Waals surface area contributed by atoms with Gasteiger partial charge in [0.2, 0.25) is 11.8 Å². The van der Waals surface area contributed by atoms with Gasteiger partial charge in [0, 0.05) is 42.7 Å². The fraction of sp³-hybridized carbons (Fsp3) is 0.273. The first-order valence-corrected chi connectivity index (χ1v) is 9.95. The van der Waals surface area contributed by atoms with Gasteiger partial charge < -0.3 is 0 Å². The van der Waals surface area contributed by atoms with Crippen LogP contribution < -0.4 is 5.32 Å². The van der Waals surface area contributed by atoms with E-state index >= 15 is 0 Å². The molecule has 1 atom stereocenters. The molecular weight excluding hydrogens is 388 g/mol. The van der Waals surface area contributed by atoms with E-state index in [1.165, 1.54) is 0 Å². The van der Waals surface area contributed by atoms with Crippen LogP contribution in [0.15, 0.2) is 48.8 Å². The number of pyridine rings is 1. The zero-order valence-corrected chi connectivity index (χ0v) is 16.8. The van der Waals surface area contributed by atoms with E-state index in [0.717, 1.165) is 40.9 Å². The van der Waals surface area contributed by atoms with Gasteiger partial charge in [0.05, 0.1) is 16.6 Å². The van der Waals surface area contributed by atoms with Crippen molar-refractivity contribution in [1.29, 1.82) is 0 Å². The van der Waals surface area contributed by atoms with Crippen LogP contribution in [-0.2, 0) is 29.5 Å². The average molecular weight is 409 g/mol. The number of hydrogen-bond acceptors (Lipinski definition) is 4. The third-order valence-electron chi connectivity index (χ3n) is 5.19. The summed E-state index contributed by atoms with van der Waals surface area (Å²) >= 11 is 6.66. The number of halogens is 1. The lowest BCUT2D eigenvalue weighted by Gasteiger charge is -2.23. The number of amides is 2. The number of benzene rings is 1. The predicted molar refractivity (Wildman–Crippen MR) is 110 cm³/mol. The number of aryl methyl sites for hydroxylation is 3. The maximum atomic E-state index is 12.2. The molecule has 2 amide bonds. The zero-order chi connectivity index (χ0) is 20.4. The highest BCUT2D eigenvalue weighted by Gasteiger charge is 2.30. The maximum absolute atomic E-state index is 12.2. The van der Waals surface area contributed by atoms with E-state index in [-0.39, 0.29) is 11.8 Å². The number of hydrogen-bond donors (Lipinski definition) is 1. The second-order valence-electron chi connectivity index (χ2n) is 7.23. The van der Waals surface area contributed by atoms with Crippen molar-refractivity contribution in [3.05, 3.63) is 70.8 Å². The largest absolute Gasteiger partial charge is 0.296 e. The minimum Gasteiger partial charge on any atom is -0.296 e. The smallest absolute Gasteiger partial charge is 0.234 e. The monoisotopic (exact) mass is 408 g/mol. The Labute approximate surface area is 173 Å². The highest BCUT2D eigenvalue weighted by molar-refractivity contribution is 6.34. The van der Waals surface area contributed by atoms with Gasteiger partial charge in [-0.3, -0.25) is 24.6 Å². The summed E-state index contributed by atoms with van der Waals surface area (Å²) in [6, 6.07) is 11.6. The molecule has 0 radical (unpaired) electrons. The first kappa shape index (κ1) is 19.3. The molecule has 2 aromatic heterocycles. The van der Waals surface area contributed by atoms with Gasteiger partial charge in [-0.2, -0.15) is 5.10 Å². The Morgan fingerprint density at radius 2 is 1.97 bits per heavy atom. The predicted octanol–water partition coefficient (Wildman–Crippen LogP) is 3.44. The number of aromatic nitrogens is 3. The summed E-state index contributed by atoms with van der Waals surface area (Å²) in [5, 5.41) is 7.31. The van der Waals surface area contributed by atoms with Crippen molar-refractivity contribution in [2.75, 3.05) is 0 Å². The summed E-state index contributed by atoms with van der Waals surface area (Å²) in [4.78, 5) is 28.2. The lowest BCUT2D eigenvalue weighted by atomic mass is 9.88. The van der Waals surface area contributed by atoms with Crippen LogP contribution in [0, 0.1) is 0 Å². The van der Waals surface area contributed by atoms with E-state index in [2.05, 4.69) is 15.4 Å². The van der Waals surface area contributed by atoms with Crippen LogP contribution in [0.2, 0.25) is 5.02 Å². The van der Waals surface area contributed by atoms with E-state index in [4.69, 9.17) is 11.6 Å². The summed E-state index contributed by atoms with van der Waals surface area (Å²) in [6.45, 7) is 0. The van der Waals surface area contributed by atoms with Gasteiger partial charge in [-0.05, 0) is 37.0 Å². The molecule has 1 aliphatic heterocycles. The third kappa shape index (κ3) is 4.22. The summed E-state index contributed by atoms with van der Waals surface area (Å²) in [6.07, 6.45) is 6.18. The molecule has 1 fully saturated rings. The lowest BCUT2D eigenvalue weighted by Crippen LogP contribution is -2.39. The van der Waals surface area contributed by atoms with Gasteiger partial charge in [-0.25, -0.2) is 0 Å². The van der Waals surface area contributed by atoms with Crippen LogP contribution in [-0.4, -0.2) is 26.6 Å². The van der Waals surface area contributed by atoms with Crippen molar-refractivity contribution in [3.63, 3.8) is 0 Å². The second kappa shape index (κ2) is 8.17. The van der Waals surface area contributed by atoms with Crippen molar-refractivity contribution in [2.45, 2.75) is 31.6 Å². The Balaban J connectivity index is 1.52. The molecule has 0 spiro atoms. The molecule has 0 saturated carbocycles. The minimum absolute atomic E-state index is 0.232. The fourth-order valence-corrected chi connectivity index (χ4v) is 3.98. The van der Waals surface area contributed by atoms with E-state index in [1.807, 2.05) is 55.8 Å². The van der Waals surface area contributed by atoms with E-state index in [9.17, 15) is 9.59 Å². The Bertz CT molecular complexity index is 1060. The Kier molecular flexibility index (Phi) is 5.45. The van der Waals surface area contributed by atoms with Crippen LogP contribution in [0.5, 0.6) is 0 Å². The number of piperidine rings is 1. The normalized spacial score (nSPS) is 16.7. The number of carbonyl (C=O) groups is 2. The van der Waals surface area contributed by atoms with E-state index in [0.29, 0.717) is 17.9 Å². The van der Waals surface area contributed by atoms with Crippen LogP contribution in [0.25, 0.3) is 11.1 Å². The molecule has 29 heavy (non-hydrogen) atoms. The fourth-order valence-electron chi connectivity index (χ4n) is 3.62. The van der Waals surface area contributed by atoms with Crippen molar-refractivity contribution in [1.82, 2.24) is 20.1 Å². The molecule has 7 heteroatoms. The van der Waals surface area contributed by atoms with E-state index in [1.54, 1.807) is 4.68 Å². The van der Waals surface area contributed by atoms with Gasteiger partial charge in [0.15, 0.2) is 0 Å². The van der Waals surface area contributed by atoms with Crippen molar-refractivity contribution >= 4 is 23.4 Å². The molecule has 3 heterocycles. The summed E-state index contributed by atoms with van der Waals surface area (Å²) in [7, 11) is 1.91. The zero-order valence-electron chi connectivity index (χ0n) is 16.1. The first-order valence-electron chi connectivity index (χ1n) is 9.57. The Hall–Kier alpha value is -2.99. The molecule has 0 aliphatic carbocycles. The molecule has 1 unspecified atom stereocenters. The molecule has 1 N–H and O–H groups in total. The average Bonchev–Trinajstić information content (AvgIpc) is 3.13. The number of nitrogens with zero attached hydrogens (tertiary/aromatic N) is 3. The second-order valence-corrected chi connectivity index (χ2v) is 7.61. The van der Waals surface area contributed by atoms with Gasteiger partial charge in [-0.1, -0.05) is 35.9 Å². The molecule has 148 valence electrons. The molecule has 1 aromatic carbocycles. The standard InChI is InChI=1S/C22H21ClN4O2/c1-27-12-11-16(26-27)8-7-15-6-5-14(13-24-15)17-3-2-4-18(21(17)23)19-9-10-20(28)25-22(19)29/h2-6,11-13,19H,7-10H2,1H3,(H,25,28,29). The number of carbonyl (C=O) groups excluding carboxylic acids is 2. The van der Waals surface area contributed by atoms with Crippen molar-refractivity contribution < 1.29 is 9.59 Å². The molecule has 6 nitrogen and oxygen atoms in total.